The standard InChI is InChI=1S/C19H16N4O4S/c1-23-16-9-8-15(11-17(16)27-19(23)24)28(25,26)22-14-7-10-18(20-12-14)21-13-5-3-2-4-6-13/h2-12,22H,1H3,(H,20,21). The number of rotatable bonds is 5. The van der Waals surface area contributed by atoms with Crippen LogP contribution < -0.4 is 15.8 Å². The van der Waals surface area contributed by atoms with Crippen LogP contribution in [0.2, 0.25) is 0 Å². The predicted octanol–water partition coefficient (Wildman–Crippen LogP) is 3.07. The van der Waals surface area contributed by atoms with Crippen LogP contribution in [0.25, 0.3) is 11.1 Å². The number of anilines is 3. The SMILES string of the molecule is Cn1c(=O)oc2cc(S(=O)(=O)Nc3ccc(Nc4ccccc4)nc3)ccc21. The highest BCUT2D eigenvalue weighted by Gasteiger charge is 2.17. The average Bonchev–Trinajstić information content (AvgIpc) is 2.97. The van der Waals surface area contributed by atoms with Crippen LogP contribution in [-0.2, 0) is 17.1 Å². The molecule has 0 atom stereocenters. The van der Waals surface area contributed by atoms with Crippen molar-refractivity contribution < 1.29 is 12.8 Å². The molecule has 0 amide bonds. The Balaban J connectivity index is 1.55. The molecule has 0 unspecified atom stereocenters. The van der Waals surface area contributed by atoms with Gasteiger partial charge in [0.2, 0.25) is 0 Å². The largest absolute Gasteiger partial charge is 0.419 e. The van der Waals surface area contributed by atoms with Gasteiger partial charge in [-0.15, -0.1) is 0 Å². The van der Waals surface area contributed by atoms with Crippen molar-refractivity contribution in [3.63, 3.8) is 0 Å². The number of hydrogen-bond acceptors (Lipinski definition) is 6. The third kappa shape index (κ3) is 3.47. The van der Waals surface area contributed by atoms with Crippen molar-refractivity contribution in [1.29, 1.82) is 0 Å². The Morgan fingerprint density at radius 3 is 2.50 bits per heavy atom. The number of nitrogens with one attached hydrogen (secondary N) is 2. The molecule has 2 aromatic carbocycles. The Hall–Kier alpha value is -3.59. The maximum Gasteiger partial charge on any atom is 0.419 e. The Morgan fingerprint density at radius 2 is 1.79 bits per heavy atom. The van der Waals surface area contributed by atoms with Crippen molar-refractivity contribution in [2.24, 2.45) is 7.05 Å². The first kappa shape index (κ1) is 17.8. The van der Waals surface area contributed by atoms with E-state index in [-0.39, 0.29) is 10.5 Å². The number of hydrogen-bond donors (Lipinski definition) is 2. The molecule has 0 bridgehead atoms. The van der Waals surface area contributed by atoms with Gasteiger partial charge in [-0.1, -0.05) is 18.2 Å². The van der Waals surface area contributed by atoms with Crippen LogP contribution in [0.4, 0.5) is 17.2 Å². The predicted molar refractivity (Wildman–Crippen MR) is 106 cm³/mol. The first-order valence-electron chi connectivity index (χ1n) is 8.33. The number of benzene rings is 2. The molecule has 4 aromatic rings. The number of para-hydroxylation sites is 1. The number of aryl methyl sites for hydroxylation is 1. The summed E-state index contributed by atoms with van der Waals surface area (Å²) in [5.41, 5.74) is 1.91. The Bertz CT molecular complexity index is 1290. The van der Waals surface area contributed by atoms with Gasteiger partial charge in [-0.3, -0.25) is 9.29 Å². The van der Waals surface area contributed by atoms with Gasteiger partial charge in [-0.05, 0) is 36.4 Å². The van der Waals surface area contributed by atoms with E-state index >= 15 is 0 Å². The molecule has 2 heterocycles. The highest BCUT2D eigenvalue weighted by atomic mass is 32.2. The van der Waals surface area contributed by atoms with Crippen LogP contribution in [0.15, 0.2) is 81.0 Å². The minimum absolute atomic E-state index is 0.0131. The topological polar surface area (TPSA) is 106 Å². The monoisotopic (exact) mass is 396 g/mol. The Kier molecular flexibility index (Phi) is 4.36. The molecule has 0 saturated carbocycles. The molecule has 0 fully saturated rings. The molecule has 4 rings (SSSR count). The molecule has 0 aliphatic rings. The van der Waals surface area contributed by atoms with Crippen molar-refractivity contribution in [2.45, 2.75) is 4.90 Å². The number of pyridine rings is 1. The van der Waals surface area contributed by atoms with E-state index in [1.54, 1.807) is 19.2 Å². The Morgan fingerprint density at radius 1 is 1.00 bits per heavy atom. The number of oxazole rings is 1. The first-order valence-corrected chi connectivity index (χ1v) is 9.81. The molecule has 0 aliphatic carbocycles. The lowest BCUT2D eigenvalue weighted by Crippen LogP contribution is -2.13. The van der Waals surface area contributed by atoms with Gasteiger partial charge in [0.25, 0.3) is 10.0 Å². The fourth-order valence-electron chi connectivity index (χ4n) is 2.69. The molecule has 0 radical (unpaired) electrons. The second kappa shape index (κ2) is 6.86. The highest BCUT2D eigenvalue weighted by Crippen LogP contribution is 2.21. The van der Waals surface area contributed by atoms with Crippen LogP contribution in [-0.4, -0.2) is 18.0 Å². The van der Waals surface area contributed by atoms with Gasteiger partial charge in [0.1, 0.15) is 5.82 Å². The minimum atomic E-state index is -3.86. The molecule has 0 saturated heterocycles. The molecule has 2 N–H and O–H groups in total. The molecule has 142 valence electrons. The van der Waals surface area contributed by atoms with Crippen LogP contribution in [0, 0.1) is 0 Å². The number of aromatic nitrogens is 2. The summed E-state index contributed by atoms with van der Waals surface area (Å²) in [5.74, 6) is 0.0323. The second-order valence-corrected chi connectivity index (χ2v) is 7.77. The van der Waals surface area contributed by atoms with Gasteiger partial charge in [0.15, 0.2) is 5.58 Å². The number of fused-ring (bicyclic) bond motifs is 1. The molecule has 8 nitrogen and oxygen atoms in total. The third-order valence-corrected chi connectivity index (χ3v) is 5.51. The van der Waals surface area contributed by atoms with Gasteiger partial charge in [0.05, 0.1) is 22.3 Å². The molecular weight excluding hydrogens is 380 g/mol. The van der Waals surface area contributed by atoms with Crippen molar-refractivity contribution in [3.05, 3.63) is 77.4 Å². The summed E-state index contributed by atoms with van der Waals surface area (Å²) >= 11 is 0. The zero-order valence-corrected chi connectivity index (χ0v) is 15.6. The summed E-state index contributed by atoms with van der Waals surface area (Å²) in [6, 6.07) is 17.0. The Labute approximate surface area is 160 Å². The normalized spacial score (nSPS) is 11.5. The van der Waals surface area contributed by atoms with Crippen molar-refractivity contribution in [1.82, 2.24) is 9.55 Å². The molecule has 0 spiro atoms. The van der Waals surface area contributed by atoms with Gasteiger partial charge in [-0.2, -0.15) is 0 Å². The maximum absolute atomic E-state index is 12.6. The summed E-state index contributed by atoms with van der Waals surface area (Å²) in [5, 5.41) is 3.12. The molecule has 9 heteroatoms. The zero-order valence-electron chi connectivity index (χ0n) is 14.8. The number of nitrogens with zero attached hydrogens (tertiary/aromatic N) is 2. The van der Waals surface area contributed by atoms with Crippen molar-refractivity contribution in [3.8, 4) is 0 Å². The third-order valence-electron chi connectivity index (χ3n) is 4.14. The molecule has 28 heavy (non-hydrogen) atoms. The van der Waals surface area contributed by atoms with Crippen LogP contribution in [0.5, 0.6) is 0 Å². The van der Waals surface area contributed by atoms with E-state index in [0.29, 0.717) is 17.0 Å². The van der Waals surface area contributed by atoms with E-state index in [2.05, 4.69) is 15.0 Å². The van der Waals surface area contributed by atoms with Gasteiger partial charge in [0, 0.05) is 18.8 Å². The van der Waals surface area contributed by atoms with E-state index in [0.717, 1.165) is 5.69 Å². The minimum Gasteiger partial charge on any atom is -0.408 e. The van der Waals surface area contributed by atoms with Gasteiger partial charge in [-0.25, -0.2) is 18.2 Å². The lowest BCUT2D eigenvalue weighted by Gasteiger charge is -2.09. The van der Waals surface area contributed by atoms with Crippen molar-refractivity contribution in [2.75, 3.05) is 10.0 Å². The second-order valence-electron chi connectivity index (χ2n) is 6.09. The van der Waals surface area contributed by atoms with Crippen LogP contribution in [0.3, 0.4) is 0 Å². The summed E-state index contributed by atoms with van der Waals surface area (Å²) in [4.78, 5) is 15.8. The lowest BCUT2D eigenvalue weighted by atomic mass is 10.3. The summed E-state index contributed by atoms with van der Waals surface area (Å²) in [6.45, 7) is 0. The summed E-state index contributed by atoms with van der Waals surface area (Å²) < 4.78 is 34.1. The van der Waals surface area contributed by atoms with E-state index in [9.17, 15) is 13.2 Å². The van der Waals surface area contributed by atoms with Crippen LogP contribution in [0.1, 0.15) is 0 Å². The smallest absolute Gasteiger partial charge is 0.408 e. The molecular formula is C19H16N4O4S. The van der Waals surface area contributed by atoms with Gasteiger partial charge < -0.3 is 9.73 Å². The fourth-order valence-corrected chi connectivity index (χ4v) is 3.75. The fraction of sp³-hybridized carbons (Fsp3) is 0.0526. The average molecular weight is 396 g/mol. The zero-order chi connectivity index (χ0) is 19.7. The highest BCUT2D eigenvalue weighted by molar-refractivity contribution is 7.92. The van der Waals surface area contributed by atoms with E-state index in [1.807, 2.05) is 30.3 Å². The quantitative estimate of drug-likeness (QED) is 0.537. The van der Waals surface area contributed by atoms with E-state index in [1.165, 1.54) is 29.0 Å². The lowest BCUT2D eigenvalue weighted by molar-refractivity contribution is 0.527. The molecule has 0 aliphatic heterocycles. The maximum atomic E-state index is 12.6. The van der Waals surface area contributed by atoms with Crippen molar-refractivity contribution >= 4 is 38.3 Å². The van der Waals surface area contributed by atoms with Gasteiger partial charge >= 0.3 is 5.76 Å². The van der Waals surface area contributed by atoms with E-state index in [4.69, 9.17) is 4.42 Å². The van der Waals surface area contributed by atoms with E-state index < -0.39 is 15.8 Å². The number of sulfonamides is 1. The first-order chi connectivity index (χ1) is 13.4. The molecule has 2 aromatic heterocycles. The summed E-state index contributed by atoms with van der Waals surface area (Å²) in [6.07, 6.45) is 1.42. The van der Waals surface area contributed by atoms with Crippen LogP contribution >= 0.6 is 0 Å². The summed E-state index contributed by atoms with van der Waals surface area (Å²) in [7, 11) is -2.31.